The monoisotopic (exact) mass is 401 g/mol. The van der Waals surface area contributed by atoms with Gasteiger partial charge in [-0.2, -0.15) is 0 Å². The summed E-state index contributed by atoms with van der Waals surface area (Å²) in [6.45, 7) is 1.26. The zero-order valence-corrected chi connectivity index (χ0v) is 16.6. The lowest BCUT2D eigenvalue weighted by Crippen LogP contribution is -2.24. The standard InChI is InChI=1S/C24H20ClN3O/c25-20-11-5-4-8-17(20)15-28-22-13-7-6-12-21(22)26-24(28)18-14-23(29)27(16-18)19-9-2-1-3-10-19/h1-13,18H,14-16H2/t18-/m0/s1. The third-order valence-corrected chi connectivity index (χ3v) is 5.90. The highest BCUT2D eigenvalue weighted by Crippen LogP contribution is 2.34. The van der Waals surface area contributed by atoms with Crippen LogP contribution in [0.25, 0.3) is 11.0 Å². The summed E-state index contributed by atoms with van der Waals surface area (Å²) in [6.07, 6.45) is 0.459. The SMILES string of the molecule is O=C1C[C@H](c2nc3ccccc3n2Cc2ccccc2Cl)CN1c1ccccc1. The van der Waals surface area contributed by atoms with Crippen LogP contribution in [-0.4, -0.2) is 22.0 Å². The molecule has 0 radical (unpaired) electrons. The zero-order chi connectivity index (χ0) is 19.8. The first kappa shape index (κ1) is 18.0. The van der Waals surface area contributed by atoms with Crippen LogP contribution in [-0.2, 0) is 11.3 Å². The van der Waals surface area contributed by atoms with E-state index >= 15 is 0 Å². The Balaban J connectivity index is 1.55. The topological polar surface area (TPSA) is 38.1 Å². The summed E-state index contributed by atoms with van der Waals surface area (Å²) in [7, 11) is 0. The molecular formula is C24H20ClN3O. The van der Waals surface area contributed by atoms with E-state index in [9.17, 15) is 4.79 Å². The molecule has 4 nitrogen and oxygen atoms in total. The molecule has 0 N–H and O–H groups in total. The Hall–Kier alpha value is -3.11. The Morgan fingerprint density at radius 3 is 2.48 bits per heavy atom. The molecule has 1 aromatic heterocycles. The summed E-state index contributed by atoms with van der Waals surface area (Å²) in [5.41, 5.74) is 3.99. The molecule has 1 amide bonds. The second-order valence-corrected chi connectivity index (χ2v) is 7.78. The van der Waals surface area contributed by atoms with E-state index in [0.29, 0.717) is 19.5 Å². The van der Waals surface area contributed by atoms with Crippen molar-refractivity contribution in [3.05, 3.63) is 95.3 Å². The number of amides is 1. The van der Waals surface area contributed by atoms with Crippen LogP contribution in [0, 0.1) is 0 Å². The Bertz CT molecular complexity index is 1190. The largest absolute Gasteiger partial charge is 0.323 e. The van der Waals surface area contributed by atoms with Crippen LogP contribution < -0.4 is 4.90 Å². The number of hydrogen-bond donors (Lipinski definition) is 0. The third kappa shape index (κ3) is 3.30. The van der Waals surface area contributed by atoms with Crippen molar-refractivity contribution in [1.82, 2.24) is 9.55 Å². The number of benzene rings is 3. The quantitative estimate of drug-likeness (QED) is 0.468. The van der Waals surface area contributed by atoms with Crippen molar-refractivity contribution in [3.63, 3.8) is 0 Å². The molecule has 5 rings (SSSR count). The Morgan fingerprint density at radius 2 is 1.66 bits per heavy atom. The van der Waals surface area contributed by atoms with Crippen LogP contribution >= 0.6 is 11.6 Å². The molecule has 0 unspecified atom stereocenters. The second kappa shape index (κ2) is 7.37. The van der Waals surface area contributed by atoms with E-state index in [4.69, 9.17) is 16.6 Å². The number of halogens is 1. The van der Waals surface area contributed by atoms with E-state index in [1.807, 2.05) is 77.7 Å². The molecule has 5 heteroatoms. The van der Waals surface area contributed by atoms with Gasteiger partial charge in [0.2, 0.25) is 5.91 Å². The summed E-state index contributed by atoms with van der Waals surface area (Å²) in [5.74, 6) is 1.12. The fraction of sp³-hybridized carbons (Fsp3) is 0.167. The Labute approximate surface area is 174 Å². The maximum atomic E-state index is 12.8. The number of rotatable bonds is 4. The minimum atomic E-state index is 0.0394. The van der Waals surface area contributed by atoms with Crippen LogP contribution in [0.3, 0.4) is 0 Å². The van der Waals surface area contributed by atoms with Crippen LogP contribution in [0.2, 0.25) is 5.02 Å². The van der Waals surface area contributed by atoms with Gasteiger partial charge in [0.25, 0.3) is 0 Å². The average molecular weight is 402 g/mol. The molecular weight excluding hydrogens is 382 g/mol. The fourth-order valence-corrected chi connectivity index (χ4v) is 4.30. The molecule has 0 bridgehead atoms. The molecule has 29 heavy (non-hydrogen) atoms. The Morgan fingerprint density at radius 1 is 0.931 bits per heavy atom. The number of para-hydroxylation sites is 3. The van der Waals surface area contributed by atoms with Gasteiger partial charge >= 0.3 is 0 Å². The van der Waals surface area contributed by atoms with Crippen LogP contribution in [0.1, 0.15) is 23.7 Å². The summed E-state index contributed by atoms with van der Waals surface area (Å²) in [6, 6.07) is 25.8. The first-order valence-corrected chi connectivity index (χ1v) is 10.1. The molecule has 0 saturated carbocycles. The molecule has 1 saturated heterocycles. The number of fused-ring (bicyclic) bond motifs is 1. The van der Waals surface area contributed by atoms with Gasteiger partial charge in [-0.15, -0.1) is 0 Å². The molecule has 144 valence electrons. The maximum Gasteiger partial charge on any atom is 0.227 e. The van der Waals surface area contributed by atoms with Crippen molar-refractivity contribution in [2.45, 2.75) is 18.9 Å². The number of imidazole rings is 1. The van der Waals surface area contributed by atoms with E-state index in [0.717, 1.165) is 33.1 Å². The van der Waals surface area contributed by atoms with Gasteiger partial charge in [-0.3, -0.25) is 4.79 Å². The molecule has 2 heterocycles. The predicted octanol–water partition coefficient (Wildman–Crippen LogP) is 5.26. The molecule has 1 aliphatic rings. The summed E-state index contributed by atoms with van der Waals surface area (Å²) < 4.78 is 2.21. The second-order valence-electron chi connectivity index (χ2n) is 7.38. The number of hydrogen-bond acceptors (Lipinski definition) is 2. The van der Waals surface area contributed by atoms with Crippen LogP contribution in [0.15, 0.2) is 78.9 Å². The summed E-state index contributed by atoms with van der Waals surface area (Å²) in [4.78, 5) is 19.6. The third-order valence-electron chi connectivity index (χ3n) is 5.53. The van der Waals surface area contributed by atoms with Gasteiger partial charge in [0.1, 0.15) is 5.82 Å². The van der Waals surface area contributed by atoms with E-state index in [1.54, 1.807) is 0 Å². The van der Waals surface area contributed by atoms with Gasteiger partial charge < -0.3 is 9.47 Å². The van der Waals surface area contributed by atoms with Crippen molar-refractivity contribution in [3.8, 4) is 0 Å². The van der Waals surface area contributed by atoms with Crippen molar-refractivity contribution in [1.29, 1.82) is 0 Å². The summed E-state index contributed by atoms with van der Waals surface area (Å²) >= 11 is 6.43. The number of carbonyl (C=O) groups excluding carboxylic acids is 1. The highest BCUT2D eigenvalue weighted by molar-refractivity contribution is 6.31. The van der Waals surface area contributed by atoms with E-state index in [2.05, 4.69) is 10.6 Å². The number of carbonyl (C=O) groups is 1. The van der Waals surface area contributed by atoms with Gasteiger partial charge in [0, 0.05) is 29.6 Å². The molecule has 1 fully saturated rings. The van der Waals surface area contributed by atoms with Crippen LogP contribution in [0.4, 0.5) is 5.69 Å². The highest BCUT2D eigenvalue weighted by atomic mass is 35.5. The van der Waals surface area contributed by atoms with Gasteiger partial charge in [0.15, 0.2) is 0 Å². The molecule has 4 aromatic rings. The number of nitrogens with zero attached hydrogens (tertiary/aromatic N) is 3. The van der Waals surface area contributed by atoms with E-state index in [1.165, 1.54) is 0 Å². The lowest BCUT2D eigenvalue weighted by atomic mass is 10.1. The van der Waals surface area contributed by atoms with Gasteiger partial charge in [-0.05, 0) is 35.9 Å². The van der Waals surface area contributed by atoms with E-state index in [-0.39, 0.29) is 11.8 Å². The average Bonchev–Trinajstić information content (AvgIpc) is 3.31. The van der Waals surface area contributed by atoms with Gasteiger partial charge in [0.05, 0.1) is 17.6 Å². The van der Waals surface area contributed by atoms with Gasteiger partial charge in [-0.1, -0.05) is 60.1 Å². The molecule has 1 atom stereocenters. The first-order chi connectivity index (χ1) is 14.2. The lowest BCUT2D eigenvalue weighted by Gasteiger charge is -2.17. The van der Waals surface area contributed by atoms with Crippen molar-refractivity contribution < 1.29 is 4.79 Å². The van der Waals surface area contributed by atoms with Crippen molar-refractivity contribution in [2.75, 3.05) is 11.4 Å². The predicted molar refractivity (Wildman–Crippen MR) is 116 cm³/mol. The lowest BCUT2D eigenvalue weighted by molar-refractivity contribution is -0.117. The summed E-state index contributed by atoms with van der Waals surface area (Å²) in [5, 5.41) is 0.740. The minimum Gasteiger partial charge on any atom is -0.323 e. The number of anilines is 1. The van der Waals surface area contributed by atoms with Gasteiger partial charge in [-0.25, -0.2) is 4.98 Å². The number of aromatic nitrogens is 2. The molecule has 0 aliphatic carbocycles. The van der Waals surface area contributed by atoms with Crippen LogP contribution in [0.5, 0.6) is 0 Å². The maximum absolute atomic E-state index is 12.8. The van der Waals surface area contributed by atoms with Crippen molar-refractivity contribution in [2.24, 2.45) is 0 Å². The molecule has 1 aliphatic heterocycles. The van der Waals surface area contributed by atoms with E-state index < -0.39 is 0 Å². The van der Waals surface area contributed by atoms with Crippen molar-refractivity contribution >= 4 is 34.2 Å². The normalized spacial score (nSPS) is 16.7. The first-order valence-electron chi connectivity index (χ1n) is 9.74. The smallest absolute Gasteiger partial charge is 0.227 e. The molecule has 3 aromatic carbocycles. The minimum absolute atomic E-state index is 0.0394. The fourth-order valence-electron chi connectivity index (χ4n) is 4.11. The highest BCUT2D eigenvalue weighted by Gasteiger charge is 2.34. The Kier molecular flexibility index (Phi) is 4.57. The zero-order valence-electron chi connectivity index (χ0n) is 15.8. The molecule has 0 spiro atoms.